The van der Waals surface area contributed by atoms with Crippen LogP contribution in [0.1, 0.15) is 17.3 Å². The van der Waals surface area contributed by atoms with Gasteiger partial charge in [-0.05, 0) is 36.2 Å². The maximum Gasteiger partial charge on any atom is 0.235 e. The minimum atomic E-state index is -0.620. The monoisotopic (exact) mass is 353 g/mol. The lowest BCUT2D eigenvalue weighted by Gasteiger charge is -2.16. The zero-order valence-electron chi connectivity index (χ0n) is 14.5. The first-order valence-electron chi connectivity index (χ1n) is 8.01. The van der Waals surface area contributed by atoms with E-state index < -0.39 is 5.92 Å². The van der Waals surface area contributed by atoms with Crippen molar-refractivity contribution in [2.45, 2.75) is 12.3 Å². The Hall–Kier alpha value is -3.42. The van der Waals surface area contributed by atoms with E-state index in [4.69, 9.17) is 9.47 Å². The van der Waals surface area contributed by atoms with E-state index >= 15 is 0 Å². The normalized spacial score (nSPS) is 11.6. The number of tetrazole rings is 1. The number of carbonyl (C=O) groups is 1. The van der Waals surface area contributed by atoms with Gasteiger partial charge in [0.15, 0.2) is 5.82 Å². The van der Waals surface area contributed by atoms with Crippen molar-refractivity contribution in [3.63, 3.8) is 0 Å². The maximum absolute atomic E-state index is 12.9. The summed E-state index contributed by atoms with van der Waals surface area (Å²) in [4.78, 5) is 12.9. The number of hydrogen-bond acceptors (Lipinski definition) is 6. The highest BCUT2D eigenvalue weighted by Crippen LogP contribution is 2.26. The second-order valence-corrected chi connectivity index (χ2v) is 5.57. The first-order valence-corrected chi connectivity index (χ1v) is 8.01. The number of nitrogens with one attached hydrogen (secondary N) is 2. The molecule has 0 radical (unpaired) electrons. The lowest BCUT2D eigenvalue weighted by Crippen LogP contribution is -2.24. The predicted molar refractivity (Wildman–Crippen MR) is 95.2 cm³/mol. The summed E-state index contributed by atoms with van der Waals surface area (Å²) in [5.74, 6) is 0.748. The zero-order chi connectivity index (χ0) is 18.4. The molecule has 8 heteroatoms. The van der Waals surface area contributed by atoms with Crippen molar-refractivity contribution >= 4 is 11.6 Å². The zero-order valence-corrected chi connectivity index (χ0v) is 14.5. The molecular weight excluding hydrogens is 334 g/mol. The molecule has 2 aromatic carbocycles. The van der Waals surface area contributed by atoms with E-state index in [9.17, 15) is 4.79 Å². The molecule has 1 heterocycles. The highest BCUT2D eigenvalue weighted by Gasteiger charge is 2.26. The fourth-order valence-electron chi connectivity index (χ4n) is 2.62. The molecule has 1 amide bonds. The largest absolute Gasteiger partial charge is 0.497 e. The van der Waals surface area contributed by atoms with Crippen LogP contribution in [0.4, 0.5) is 5.69 Å². The number of nitrogens with zero attached hydrogens (tertiary/aromatic N) is 3. The summed E-state index contributed by atoms with van der Waals surface area (Å²) in [5.41, 5.74) is 1.51. The van der Waals surface area contributed by atoms with Crippen LogP contribution < -0.4 is 14.8 Å². The van der Waals surface area contributed by atoms with Gasteiger partial charge in [-0.2, -0.15) is 5.21 Å². The first kappa shape index (κ1) is 17.4. The van der Waals surface area contributed by atoms with Crippen LogP contribution >= 0.6 is 0 Å². The molecule has 0 unspecified atom stereocenters. The van der Waals surface area contributed by atoms with Gasteiger partial charge < -0.3 is 14.8 Å². The lowest BCUT2D eigenvalue weighted by molar-refractivity contribution is -0.117. The number of aromatic amines is 1. The molecule has 1 aromatic heterocycles. The Morgan fingerprint density at radius 1 is 1.15 bits per heavy atom. The molecule has 0 saturated heterocycles. The number of aromatic nitrogens is 4. The summed E-state index contributed by atoms with van der Waals surface area (Å²) in [6.07, 6.45) is 0.401. The number of benzene rings is 2. The van der Waals surface area contributed by atoms with Crippen molar-refractivity contribution in [2.24, 2.45) is 0 Å². The van der Waals surface area contributed by atoms with Crippen LogP contribution in [0.25, 0.3) is 0 Å². The van der Waals surface area contributed by atoms with Crippen molar-refractivity contribution in [3.05, 3.63) is 59.9 Å². The van der Waals surface area contributed by atoms with Crippen molar-refractivity contribution < 1.29 is 14.3 Å². The van der Waals surface area contributed by atoms with E-state index in [0.717, 1.165) is 11.3 Å². The summed E-state index contributed by atoms with van der Waals surface area (Å²) < 4.78 is 10.5. The number of carbonyl (C=O) groups excluding carboxylic acids is 1. The third-order valence-corrected chi connectivity index (χ3v) is 3.93. The summed E-state index contributed by atoms with van der Waals surface area (Å²) in [5, 5.41) is 16.8. The third-order valence-electron chi connectivity index (χ3n) is 3.93. The van der Waals surface area contributed by atoms with Gasteiger partial charge in [-0.1, -0.05) is 29.5 Å². The number of amides is 1. The van der Waals surface area contributed by atoms with Crippen molar-refractivity contribution in [1.82, 2.24) is 20.6 Å². The second kappa shape index (κ2) is 8.11. The number of hydrogen-bond donors (Lipinski definition) is 2. The minimum absolute atomic E-state index is 0.251. The van der Waals surface area contributed by atoms with E-state index in [2.05, 4.69) is 25.9 Å². The van der Waals surface area contributed by atoms with Crippen LogP contribution in [-0.4, -0.2) is 40.8 Å². The quantitative estimate of drug-likeness (QED) is 0.675. The summed E-state index contributed by atoms with van der Waals surface area (Å²) in [6.45, 7) is 0. The molecule has 0 aliphatic heterocycles. The van der Waals surface area contributed by atoms with Gasteiger partial charge in [0, 0.05) is 0 Å². The van der Waals surface area contributed by atoms with Gasteiger partial charge in [0.25, 0.3) is 0 Å². The summed E-state index contributed by atoms with van der Waals surface area (Å²) in [7, 11) is 3.15. The fraction of sp³-hybridized carbons (Fsp3) is 0.222. The average Bonchev–Trinajstić information content (AvgIpc) is 3.21. The van der Waals surface area contributed by atoms with Crippen LogP contribution in [0, 0.1) is 0 Å². The second-order valence-electron chi connectivity index (χ2n) is 5.57. The fourth-order valence-corrected chi connectivity index (χ4v) is 2.62. The molecule has 1 atom stereocenters. The Bertz CT molecular complexity index is 867. The van der Waals surface area contributed by atoms with Crippen LogP contribution in [0.5, 0.6) is 11.5 Å². The Morgan fingerprint density at radius 2 is 2.00 bits per heavy atom. The van der Waals surface area contributed by atoms with Crippen LogP contribution in [0.3, 0.4) is 0 Å². The van der Waals surface area contributed by atoms with Crippen LogP contribution in [-0.2, 0) is 11.2 Å². The molecule has 3 rings (SSSR count). The maximum atomic E-state index is 12.9. The SMILES string of the molecule is COc1cccc(C[C@@H](C(=O)Nc2ccccc2OC)c2nn[nH]n2)c1. The van der Waals surface area contributed by atoms with Gasteiger partial charge in [0.2, 0.25) is 5.91 Å². The lowest BCUT2D eigenvalue weighted by atomic mass is 9.97. The summed E-state index contributed by atoms with van der Waals surface area (Å²) in [6, 6.07) is 14.7. The molecule has 26 heavy (non-hydrogen) atoms. The number of H-pyrrole nitrogens is 1. The van der Waals surface area contributed by atoms with Crippen molar-refractivity contribution in [2.75, 3.05) is 19.5 Å². The molecular formula is C18H19N5O3. The highest BCUT2D eigenvalue weighted by atomic mass is 16.5. The number of anilines is 1. The van der Waals surface area contributed by atoms with Gasteiger partial charge in [-0.3, -0.25) is 4.79 Å². The molecule has 0 aliphatic carbocycles. The number of methoxy groups -OCH3 is 2. The molecule has 0 spiro atoms. The van der Waals surface area contributed by atoms with Gasteiger partial charge in [-0.15, -0.1) is 10.2 Å². The van der Waals surface area contributed by atoms with E-state index in [1.165, 1.54) is 0 Å². The first-order chi connectivity index (χ1) is 12.7. The van der Waals surface area contributed by atoms with E-state index in [1.54, 1.807) is 26.4 Å². The van der Waals surface area contributed by atoms with Gasteiger partial charge in [-0.25, -0.2) is 0 Å². The molecule has 0 saturated carbocycles. The van der Waals surface area contributed by atoms with E-state index in [0.29, 0.717) is 23.7 Å². The molecule has 3 aromatic rings. The van der Waals surface area contributed by atoms with Crippen LogP contribution in [0.2, 0.25) is 0 Å². The Labute approximate surface area is 150 Å². The highest BCUT2D eigenvalue weighted by molar-refractivity contribution is 5.96. The minimum Gasteiger partial charge on any atom is -0.497 e. The standard InChI is InChI=1S/C18H19N5O3/c1-25-13-7-5-6-12(10-13)11-14(17-20-22-23-21-17)18(24)19-15-8-3-4-9-16(15)26-2/h3-10,14H,11H2,1-2H3,(H,19,24)(H,20,21,22,23)/t14-/m1/s1. The molecule has 0 fully saturated rings. The molecule has 8 nitrogen and oxygen atoms in total. The van der Waals surface area contributed by atoms with E-state index in [1.807, 2.05) is 36.4 Å². The Balaban J connectivity index is 1.85. The predicted octanol–water partition coefficient (Wildman–Crippen LogP) is 2.18. The topological polar surface area (TPSA) is 102 Å². The number of ether oxygens (including phenoxy) is 2. The number of rotatable bonds is 7. The van der Waals surface area contributed by atoms with Crippen molar-refractivity contribution in [1.29, 1.82) is 0 Å². The third kappa shape index (κ3) is 3.97. The number of para-hydroxylation sites is 2. The summed E-state index contributed by atoms with van der Waals surface area (Å²) >= 11 is 0. The Kier molecular flexibility index (Phi) is 5.43. The molecule has 0 bridgehead atoms. The van der Waals surface area contributed by atoms with Gasteiger partial charge >= 0.3 is 0 Å². The molecule has 2 N–H and O–H groups in total. The van der Waals surface area contributed by atoms with Gasteiger partial charge in [0.05, 0.1) is 19.9 Å². The smallest absolute Gasteiger partial charge is 0.235 e. The van der Waals surface area contributed by atoms with E-state index in [-0.39, 0.29) is 5.91 Å². The van der Waals surface area contributed by atoms with Crippen molar-refractivity contribution in [3.8, 4) is 11.5 Å². The average molecular weight is 353 g/mol. The molecule has 0 aliphatic rings. The van der Waals surface area contributed by atoms with Crippen LogP contribution in [0.15, 0.2) is 48.5 Å². The van der Waals surface area contributed by atoms with Gasteiger partial charge in [0.1, 0.15) is 17.4 Å². The Morgan fingerprint density at radius 3 is 2.73 bits per heavy atom. The molecule has 134 valence electrons.